The van der Waals surface area contributed by atoms with Crippen molar-refractivity contribution in [2.24, 2.45) is 0 Å². The molecule has 0 aliphatic heterocycles. The zero-order valence-electron chi connectivity index (χ0n) is 5.62. The maximum atomic E-state index is 8.17. The summed E-state index contributed by atoms with van der Waals surface area (Å²) in [5, 5.41) is 24.0. The predicted molar refractivity (Wildman–Crippen MR) is 34.8 cm³/mol. The molecule has 11 heavy (non-hydrogen) atoms. The van der Waals surface area contributed by atoms with Crippen LogP contribution in [0.5, 0.6) is 0 Å². The minimum absolute atomic E-state index is 0.365. The van der Waals surface area contributed by atoms with E-state index < -0.39 is 15.2 Å². The van der Waals surface area contributed by atoms with E-state index in [-0.39, 0.29) is 13.2 Å². The van der Waals surface area contributed by atoms with E-state index in [1.807, 2.05) is 0 Å². The third kappa shape index (κ3) is 40.4. The molecule has 7 N–H and O–H groups in total. The third-order valence-corrected chi connectivity index (χ3v) is 0.421. The van der Waals surface area contributed by atoms with Gasteiger partial charge in [0.25, 0.3) is 0 Å². The van der Waals surface area contributed by atoms with Gasteiger partial charge in [0, 0.05) is 0 Å². The molecule has 0 rings (SSSR count). The quantitative estimate of drug-likeness (QED) is 0.217. The molecule has 0 saturated carbocycles. The average molecular weight is 188 g/mol. The molecule has 7 nitrogen and oxygen atoms in total. The highest BCUT2D eigenvalue weighted by Crippen LogP contribution is 1.71. The van der Waals surface area contributed by atoms with Crippen LogP contribution in [0.25, 0.3) is 0 Å². The first-order valence-corrected chi connectivity index (χ1v) is 4.39. The van der Waals surface area contributed by atoms with E-state index in [1.54, 1.807) is 0 Å². The molecule has 0 spiro atoms. The Hall–Kier alpha value is -0.0631. The first-order valence-electron chi connectivity index (χ1n) is 2.60. The Kier molecular flexibility index (Phi) is 8.16. The van der Waals surface area contributed by atoms with Crippen LogP contribution in [0.15, 0.2) is 0 Å². The monoisotopic (exact) mass is 188 g/mol. The van der Waals surface area contributed by atoms with Gasteiger partial charge in [-0.3, -0.25) is 0 Å². The van der Waals surface area contributed by atoms with Crippen LogP contribution in [0.3, 0.4) is 0 Å². The molecule has 8 heteroatoms. The minimum atomic E-state index is -4.61. The van der Waals surface area contributed by atoms with Gasteiger partial charge in [-0.2, -0.15) is 0 Å². The lowest BCUT2D eigenvalue weighted by atomic mass is 10.4. The number of hydrogen-bond acceptors (Lipinski definition) is 7. The Labute approximate surface area is 63.9 Å². The lowest BCUT2D eigenvalue weighted by molar-refractivity contribution is 0.0450. The van der Waals surface area contributed by atoms with E-state index in [0.29, 0.717) is 0 Å². The molecule has 0 atom stereocenters. The molecule has 0 aromatic carbocycles. The molecule has 0 aliphatic rings. The van der Waals surface area contributed by atoms with E-state index >= 15 is 0 Å². The van der Waals surface area contributed by atoms with Gasteiger partial charge in [0.2, 0.25) is 0 Å². The number of hydrogen-bond donors (Lipinski definition) is 7. The second-order valence-corrected chi connectivity index (χ2v) is 2.82. The molecule has 0 amide bonds. The number of aliphatic hydroxyl groups excluding tert-OH is 3. The smallest absolute Gasteiger partial charge is 0.394 e. The maximum absolute atomic E-state index is 8.17. The fraction of sp³-hybridized carbons (Fsp3) is 1.00. The summed E-state index contributed by atoms with van der Waals surface area (Å²) >= 11 is 0. The van der Waals surface area contributed by atoms with Crippen LogP contribution in [0.1, 0.15) is 0 Å². The summed E-state index contributed by atoms with van der Waals surface area (Å²) < 4.78 is 0. The molecule has 0 aliphatic carbocycles. The largest absolute Gasteiger partial charge is 0.668 e. The highest BCUT2D eigenvalue weighted by Gasteiger charge is 2.22. The normalized spacial score (nSPS) is 10.9. The molecule has 0 aromatic rings. The number of aliphatic hydroxyl groups is 3. The highest BCUT2D eigenvalue weighted by molar-refractivity contribution is 6.46. The molecular weight excluding hydrogens is 176 g/mol. The van der Waals surface area contributed by atoms with Gasteiger partial charge in [0.05, 0.1) is 13.2 Å². The van der Waals surface area contributed by atoms with Gasteiger partial charge in [-0.25, -0.2) is 0 Å². The van der Waals surface area contributed by atoms with Crippen LogP contribution < -0.4 is 0 Å². The van der Waals surface area contributed by atoms with Crippen LogP contribution in [-0.2, 0) is 0 Å². The van der Waals surface area contributed by atoms with Crippen LogP contribution in [0.4, 0.5) is 0 Å². The maximum Gasteiger partial charge on any atom is 0.668 e. The molecule has 0 radical (unpaired) electrons. The Morgan fingerprint density at radius 1 is 0.909 bits per heavy atom. The zero-order valence-corrected chi connectivity index (χ0v) is 6.62. The van der Waals surface area contributed by atoms with Crippen LogP contribution in [-0.4, -0.2) is 62.9 Å². The van der Waals surface area contributed by atoms with Gasteiger partial charge >= 0.3 is 9.05 Å². The van der Waals surface area contributed by atoms with Crippen molar-refractivity contribution in [2.45, 2.75) is 6.10 Å². The van der Waals surface area contributed by atoms with E-state index in [2.05, 4.69) is 0 Å². The van der Waals surface area contributed by atoms with Crippen molar-refractivity contribution < 1.29 is 34.5 Å². The molecule has 0 saturated heterocycles. The van der Waals surface area contributed by atoms with E-state index in [0.717, 1.165) is 0 Å². The molecule has 0 fully saturated rings. The van der Waals surface area contributed by atoms with Crippen molar-refractivity contribution in [3.05, 3.63) is 0 Å². The molecule has 0 heterocycles. The fourth-order valence-electron chi connectivity index (χ4n) is 0.0577. The summed E-state index contributed by atoms with van der Waals surface area (Å²) in [5.41, 5.74) is 0. The van der Waals surface area contributed by atoms with E-state index in [4.69, 9.17) is 34.5 Å². The Morgan fingerprint density at radius 2 is 1.09 bits per heavy atom. The van der Waals surface area contributed by atoms with Gasteiger partial charge in [0.1, 0.15) is 6.10 Å². The minimum Gasteiger partial charge on any atom is -0.394 e. The van der Waals surface area contributed by atoms with Crippen molar-refractivity contribution >= 4 is 9.05 Å². The van der Waals surface area contributed by atoms with Crippen molar-refractivity contribution in [3.63, 3.8) is 0 Å². The molecule has 0 bridgehead atoms. The first-order chi connectivity index (χ1) is 4.81. The predicted octanol–water partition coefficient (Wildman–Crippen LogP) is -4.28. The van der Waals surface area contributed by atoms with Gasteiger partial charge in [0.15, 0.2) is 0 Å². The topological polar surface area (TPSA) is 142 Å². The van der Waals surface area contributed by atoms with E-state index in [9.17, 15) is 0 Å². The fourth-order valence-corrected chi connectivity index (χ4v) is 0.0577. The lowest BCUT2D eigenvalue weighted by Gasteiger charge is -1.96. The van der Waals surface area contributed by atoms with Gasteiger partial charge in [-0.1, -0.05) is 0 Å². The van der Waals surface area contributed by atoms with Crippen LogP contribution >= 0.6 is 0 Å². The van der Waals surface area contributed by atoms with Gasteiger partial charge < -0.3 is 34.5 Å². The van der Waals surface area contributed by atoms with Crippen molar-refractivity contribution in [1.82, 2.24) is 0 Å². The van der Waals surface area contributed by atoms with E-state index in [1.165, 1.54) is 0 Å². The summed E-state index contributed by atoms with van der Waals surface area (Å²) in [5.74, 6) is 0. The van der Waals surface area contributed by atoms with Crippen LogP contribution in [0, 0.1) is 0 Å². The zero-order chi connectivity index (χ0) is 9.49. The van der Waals surface area contributed by atoms with Crippen molar-refractivity contribution in [3.8, 4) is 0 Å². The first kappa shape index (κ1) is 13.5. The lowest BCUT2D eigenvalue weighted by Crippen LogP contribution is -2.33. The Morgan fingerprint density at radius 3 is 1.09 bits per heavy atom. The summed E-state index contributed by atoms with van der Waals surface area (Å²) in [6.45, 7) is -0.729. The second-order valence-electron chi connectivity index (χ2n) is 1.62. The van der Waals surface area contributed by atoms with Gasteiger partial charge in [-0.05, 0) is 0 Å². The summed E-state index contributed by atoms with van der Waals surface area (Å²) in [6.07, 6.45) is -0.954. The molecule has 70 valence electrons. The number of rotatable bonds is 2. The summed E-state index contributed by atoms with van der Waals surface area (Å²) in [6, 6.07) is 0. The summed E-state index contributed by atoms with van der Waals surface area (Å²) in [4.78, 5) is 29.3. The Bertz CT molecular complexity index is 70.2. The third-order valence-electron chi connectivity index (χ3n) is 0.421. The second kappa shape index (κ2) is 6.63. The average Bonchev–Trinajstić information content (AvgIpc) is 1.83. The van der Waals surface area contributed by atoms with Crippen molar-refractivity contribution in [2.75, 3.05) is 13.2 Å². The van der Waals surface area contributed by atoms with Crippen molar-refractivity contribution in [1.29, 1.82) is 0 Å². The van der Waals surface area contributed by atoms with Gasteiger partial charge in [-0.15, -0.1) is 0 Å². The molecule has 0 aromatic heterocycles. The molecular formula is C3H12O7Si. The Balaban J connectivity index is 0. The summed E-state index contributed by atoms with van der Waals surface area (Å²) in [7, 11) is -4.61. The SMILES string of the molecule is OCC(O)CO.O[Si](O)(O)O. The highest BCUT2D eigenvalue weighted by atomic mass is 28.4. The standard InChI is InChI=1S/C3H8O3.H4O4Si/c4-1-3(6)2-5;1-5(2,3)4/h3-6H,1-2H2;1-4H. The van der Waals surface area contributed by atoms with Crippen LogP contribution in [0.2, 0.25) is 0 Å². The molecule has 0 unspecified atom stereocenters.